The zero-order valence-electron chi connectivity index (χ0n) is 18.6. The first-order valence-corrected chi connectivity index (χ1v) is 10.5. The fraction of sp³-hybridized carbons (Fsp3) is 0.636. The zero-order chi connectivity index (χ0) is 21.2. The number of carbonyl (C=O) groups excluding carboxylic acids is 1. The Bertz CT molecular complexity index is 660. The van der Waals surface area contributed by atoms with Gasteiger partial charge in [0.05, 0.1) is 7.11 Å². The van der Waals surface area contributed by atoms with Crippen molar-refractivity contribution in [1.29, 1.82) is 0 Å². The van der Waals surface area contributed by atoms with Crippen LogP contribution in [0.5, 0.6) is 5.75 Å². The van der Waals surface area contributed by atoms with E-state index in [-0.39, 0.29) is 12.5 Å². The Morgan fingerprint density at radius 1 is 1.28 bits per heavy atom. The molecule has 0 saturated carbocycles. The summed E-state index contributed by atoms with van der Waals surface area (Å²) in [6.07, 6.45) is 3.35. The molecule has 1 amide bonds. The monoisotopic (exact) mass is 403 g/mol. The smallest absolute Gasteiger partial charge is 0.243 e. The molecule has 1 N–H and O–H groups in total. The second kappa shape index (κ2) is 11.7. The second-order valence-corrected chi connectivity index (χ2v) is 7.76. The van der Waals surface area contributed by atoms with Crippen LogP contribution in [0.3, 0.4) is 0 Å². The lowest BCUT2D eigenvalue weighted by atomic mass is 10.1. The summed E-state index contributed by atoms with van der Waals surface area (Å²) in [7, 11) is 7.26. The first kappa shape index (κ1) is 23.0. The van der Waals surface area contributed by atoms with E-state index in [0.29, 0.717) is 6.04 Å². The van der Waals surface area contributed by atoms with Gasteiger partial charge in [-0.25, -0.2) is 4.99 Å². The van der Waals surface area contributed by atoms with Crippen molar-refractivity contribution < 1.29 is 9.53 Å². The van der Waals surface area contributed by atoms with Crippen molar-refractivity contribution in [2.75, 3.05) is 61.0 Å². The molecule has 7 heteroatoms. The minimum atomic E-state index is 0.00362. The molecule has 1 atom stereocenters. The van der Waals surface area contributed by atoms with Gasteiger partial charge in [0.1, 0.15) is 12.3 Å². The predicted molar refractivity (Wildman–Crippen MR) is 119 cm³/mol. The van der Waals surface area contributed by atoms with Crippen LogP contribution >= 0.6 is 0 Å². The van der Waals surface area contributed by atoms with Gasteiger partial charge in [-0.3, -0.25) is 9.69 Å². The van der Waals surface area contributed by atoms with E-state index in [1.54, 1.807) is 26.1 Å². The van der Waals surface area contributed by atoms with E-state index in [1.807, 2.05) is 12.1 Å². The van der Waals surface area contributed by atoms with E-state index in [4.69, 9.17) is 4.74 Å². The first-order valence-electron chi connectivity index (χ1n) is 10.5. The molecule has 1 unspecified atom stereocenters. The van der Waals surface area contributed by atoms with Crippen LogP contribution in [0.2, 0.25) is 0 Å². The molecular weight excluding hydrogens is 366 g/mol. The molecule has 2 rings (SSSR count). The van der Waals surface area contributed by atoms with Gasteiger partial charge in [-0.2, -0.15) is 0 Å². The molecule has 1 aliphatic heterocycles. The molecule has 1 fully saturated rings. The average Bonchev–Trinajstić information content (AvgIpc) is 3.17. The van der Waals surface area contributed by atoms with Crippen LogP contribution in [-0.2, 0) is 11.2 Å². The Balaban J connectivity index is 1.97. The van der Waals surface area contributed by atoms with Crippen LogP contribution < -0.4 is 10.1 Å². The lowest BCUT2D eigenvalue weighted by Gasteiger charge is -2.30. The van der Waals surface area contributed by atoms with Gasteiger partial charge in [-0.15, -0.1) is 0 Å². The molecule has 0 aliphatic carbocycles. The van der Waals surface area contributed by atoms with Gasteiger partial charge in [0.2, 0.25) is 5.91 Å². The van der Waals surface area contributed by atoms with Crippen molar-refractivity contribution in [1.82, 2.24) is 20.0 Å². The zero-order valence-corrected chi connectivity index (χ0v) is 18.6. The third-order valence-electron chi connectivity index (χ3n) is 5.47. The van der Waals surface area contributed by atoms with Crippen LogP contribution in [0.15, 0.2) is 29.3 Å². The summed E-state index contributed by atoms with van der Waals surface area (Å²) in [5.41, 5.74) is 1.23. The molecule has 0 bridgehead atoms. The molecule has 0 aromatic heterocycles. The minimum absolute atomic E-state index is 0.00362. The fourth-order valence-electron chi connectivity index (χ4n) is 3.63. The van der Waals surface area contributed by atoms with Crippen LogP contribution in [0.1, 0.15) is 25.3 Å². The van der Waals surface area contributed by atoms with Crippen molar-refractivity contribution in [2.45, 2.75) is 32.2 Å². The van der Waals surface area contributed by atoms with Crippen LogP contribution in [0, 0.1) is 0 Å². The summed E-state index contributed by atoms with van der Waals surface area (Å²) in [4.78, 5) is 22.9. The molecule has 1 aromatic carbocycles. The SMILES string of the molecule is CCN1CCCC1CN(C)C(=NCC(=O)N(C)C)NCCc1ccc(OC)cc1. The number of nitrogens with zero attached hydrogens (tertiary/aromatic N) is 4. The molecule has 29 heavy (non-hydrogen) atoms. The summed E-state index contributed by atoms with van der Waals surface area (Å²) in [5, 5.41) is 3.45. The molecule has 1 saturated heterocycles. The van der Waals surface area contributed by atoms with Gasteiger partial charge in [0.25, 0.3) is 0 Å². The maximum Gasteiger partial charge on any atom is 0.243 e. The van der Waals surface area contributed by atoms with Gasteiger partial charge in [0.15, 0.2) is 5.96 Å². The van der Waals surface area contributed by atoms with E-state index in [1.165, 1.54) is 24.9 Å². The lowest BCUT2D eigenvalue weighted by Crippen LogP contribution is -2.46. The van der Waals surface area contributed by atoms with Gasteiger partial charge < -0.3 is 19.9 Å². The van der Waals surface area contributed by atoms with Crippen LogP contribution in [0.4, 0.5) is 0 Å². The maximum absolute atomic E-state index is 12.0. The number of ether oxygens (including phenoxy) is 1. The third kappa shape index (κ3) is 7.24. The average molecular weight is 404 g/mol. The van der Waals surface area contributed by atoms with Crippen molar-refractivity contribution in [3.05, 3.63) is 29.8 Å². The van der Waals surface area contributed by atoms with E-state index >= 15 is 0 Å². The number of amides is 1. The number of rotatable bonds is 9. The highest BCUT2D eigenvalue weighted by molar-refractivity contribution is 5.84. The quantitative estimate of drug-likeness (QED) is 0.502. The molecule has 7 nitrogen and oxygen atoms in total. The highest BCUT2D eigenvalue weighted by Crippen LogP contribution is 2.17. The molecule has 1 aliphatic rings. The highest BCUT2D eigenvalue weighted by Gasteiger charge is 2.25. The summed E-state index contributed by atoms with van der Waals surface area (Å²) >= 11 is 0. The van der Waals surface area contributed by atoms with Gasteiger partial charge in [-0.05, 0) is 50.0 Å². The Kier molecular flexibility index (Phi) is 9.25. The third-order valence-corrected chi connectivity index (χ3v) is 5.47. The Hall–Kier alpha value is -2.28. The maximum atomic E-state index is 12.0. The summed E-state index contributed by atoms with van der Waals surface area (Å²) in [6.45, 7) is 6.30. The van der Waals surface area contributed by atoms with Crippen LogP contribution in [0.25, 0.3) is 0 Å². The topological polar surface area (TPSA) is 60.4 Å². The standard InChI is InChI=1S/C22H37N5O2/c1-6-27-15-7-8-19(27)17-26(4)22(24-16-21(28)25(2)3)23-14-13-18-9-11-20(29-5)12-10-18/h9-12,19H,6-8,13-17H2,1-5H3,(H,23,24). The molecule has 162 valence electrons. The largest absolute Gasteiger partial charge is 0.497 e. The molecular formula is C22H37N5O2. The van der Waals surface area contributed by atoms with Crippen molar-refractivity contribution in [3.8, 4) is 5.75 Å². The van der Waals surface area contributed by atoms with Gasteiger partial charge in [0, 0.05) is 40.3 Å². The highest BCUT2D eigenvalue weighted by atomic mass is 16.5. The number of carbonyl (C=O) groups is 1. The summed E-state index contributed by atoms with van der Waals surface area (Å²) in [5.74, 6) is 1.66. The summed E-state index contributed by atoms with van der Waals surface area (Å²) in [6, 6.07) is 8.66. The van der Waals surface area contributed by atoms with Crippen molar-refractivity contribution >= 4 is 11.9 Å². The molecule has 1 heterocycles. The Morgan fingerprint density at radius 2 is 2.00 bits per heavy atom. The number of methoxy groups -OCH3 is 1. The Labute approximate surface area is 175 Å². The van der Waals surface area contributed by atoms with Gasteiger partial charge in [-0.1, -0.05) is 19.1 Å². The number of guanidine groups is 1. The number of hydrogen-bond donors (Lipinski definition) is 1. The molecule has 1 aromatic rings. The van der Waals surface area contributed by atoms with E-state index in [0.717, 1.165) is 37.8 Å². The van der Waals surface area contributed by atoms with Crippen molar-refractivity contribution in [3.63, 3.8) is 0 Å². The number of nitrogens with one attached hydrogen (secondary N) is 1. The van der Waals surface area contributed by atoms with E-state index in [2.05, 4.69) is 46.2 Å². The number of hydrogen-bond acceptors (Lipinski definition) is 4. The first-order chi connectivity index (χ1) is 13.9. The number of likely N-dealkylation sites (tertiary alicyclic amines) is 1. The number of benzene rings is 1. The lowest BCUT2D eigenvalue weighted by molar-refractivity contribution is -0.127. The number of aliphatic imine (C=N–C) groups is 1. The summed E-state index contributed by atoms with van der Waals surface area (Å²) < 4.78 is 5.22. The molecule has 0 spiro atoms. The minimum Gasteiger partial charge on any atom is -0.497 e. The molecule has 0 radical (unpaired) electrons. The van der Waals surface area contributed by atoms with Crippen molar-refractivity contribution in [2.24, 2.45) is 4.99 Å². The van der Waals surface area contributed by atoms with E-state index < -0.39 is 0 Å². The fourth-order valence-corrected chi connectivity index (χ4v) is 3.63. The normalized spacial score (nSPS) is 17.3. The predicted octanol–water partition coefficient (Wildman–Crippen LogP) is 1.69. The van der Waals surface area contributed by atoms with E-state index in [9.17, 15) is 4.79 Å². The van der Waals surface area contributed by atoms with Crippen LogP contribution in [-0.4, -0.2) is 93.6 Å². The second-order valence-electron chi connectivity index (χ2n) is 7.76. The van der Waals surface area contributed by atoms with Gasteiger partial charge >= 0.3 is 0 Å². The Morgan fingerprint density at radius 3 is 2.62 bits per heavy atom. The number of likely N-dealkylation sites (N-methyl/N-ethyl adjacent to an activating group) is 3.